The van der Waals surface area contributed by atoms with Crippen LogP contribution in [0, 0.1) is 5.92 Å². The molecule has 1 aliphatic rings. The molecule has 3 aromatic rings. The average Bonchev–Trinajstić information content (AvgIpc) is 3.49. The number of aromatic amines is 1. The minimum Gasteiger partial charge on any atom is -0.465 e. The number of nitrogens with one attached hydrogen (secondary N) is 3. The number of para-hydroxylation sites is 1. The highest BCUT2D eigenvalue weighted by Gasteiger charge is 2.36. The van der Waals surface area contributed by atoms with Crippen LogP contribution in [0.4, 0.5) is 0 Å². The summed E-state index contributed by atoms with van der Waals surface area (Å²) in [4.78, 5) is 58.8. The number of rotatable bonds is 14. The Hall–Kier alpha value is -4.22. The van der Waals surface area contributed by atoms with Crippen molar-refractivity contribution in [3.63, 3.8) is 0 Å². The first kappa shape index (κ1) is 36.6. The molecule has 0 spiro atoms. The SMILES string of the molecule is COC(=O)c1cccc(CN2CCCC(C(=O)N[C@H](C(=O)N[C@@H](CCCCN)C(=O)OC(C)(C)C)[C@@H](C)c3c[nH]c4ccccc34)C2)c1. The molecule has 48 heavy (non-hydrogen) atoms. The molecule has 1 saturated heterocycles. The minimum absolute atomic E-state index is 0.216. The fraction of sp³-hybridized carbons (Fsp3) is 0.514. The van der Waals surface area contributed by atoms with Crippen LogP contribution in [-0.4, -0.2) is 78.1 Å². The van der Waals surface area contributed by atoms with E-state index in [1.807, 2.05) is 55.6 Å². The quantitative estimate of drug-likeness (QED) is 0.146. The van der Waals surface area contributed by atoms with Gasteiger partial charge in [0, 0.05) is 36.1 Å². The molecular weight excluding hydrogens is 610 g/mol. The molecule has 2 heterocycles. The van der Waals surface area contributed by atoms with E-state index in [4.69, 9.17) is 15.2 Å². The van der Waals surface area contributed by atoms with Crippen LogP contribution in [-0.2, 0) is 30.4 Å². The summed E-state index contributed by atoms with van der Waals surface area (Å²) in [6.45, 7) is 9.63. The number of H-pyrrole nitrogens is 1. The maximum Gasteiger partial charge on any atom is 0.337 e. The molecule has 4 rings (SSSR count). The Kier molecular flexibility index (Phi) is 12.8. The molecule has 0 radical (unpaired) electrons. The molecule has 5 N–H and O–H groups in total. The van der Waals surface area contributed by atoms with Crippen molar-refractivity contribution < 1.29 is 28.7 Å². The molecule has 1 fully saturated rings. The van der Waals surface area contributed by atoms with Gasteiger partial charge in [-0.2, -0.15) is 0 Å². The number of fused-ring (bicyclic) bond motifs is 1. The van der Waals surface area contributed by atoms with Crippen LogP contribution in [0.15, 0.2) is 54.7 Å². The van der Waals surface area contributed by atoms with Crippen LogP contribution >= 0.6 is 0 Å². The fourth-order valence-electron chi connectivity index (χ4n) is 6.30. The average molecular weight is 662 g/mol. The van der Waals surface area contributed by atoms with Gasteiger partial charge in [-0.25, -0.2) is 9.59 Å². The van der Waals surface area contributed by atoms with E-state index in [9.17, 15) is 19.2 Å². The van der Waals surface area contributed by atoms with Gasteiger partial charge < -0.3 is 30.8 Å². The lowest BCUT2D eigenvalue weighted by molar-refractivity contribution is -0.159. The molecule has 1 aromatic heterocycles. The van der Waals surface area contributed by atoms with Gasteiger partial charge in [-0.15, -0.1) is 0 Å². The smallest absolute Gasteiger partial charge is 0.337 e. The summed E-state index contributed by atoms with van der Waals surface area (Å²) < 4.78 is 10.5. The number of aromatic nitrogens is 1. The zero-order valence-electron chi connectivity index (χ0n) is 28.8. The second kappa shape index (κ2) is 16.7. The molecule has 0 bridgehead atoms. The Morgan fingerprint density at radius 2 is 1.83 bits per heavy atom. The third kappa shape index (κ3) is 9.90. The molecular formula is C37H51N5O6. The second-order valence-electron chi connectivity index (χ2n) is 13.7. The molecule has 1 unspecified atom stereocenters. The van der Waals surface area contributed by atoms with Crippen molar-refractivity contribution in [2.45, 2.75) is 89.9 Å². The number of esters is 2. The van der Waals surface area contributed by atoms with E-state index in [0.29, 0.717) is 50.9 Å². The zero-order chi connectivity index (χ0) is 34.8. The summed E-state index contributed by atoms with van der Waals surface area (Å²) >= 11 is 0. The summed E-state index contributed by atoms with van der Waals surface area (Å²) in [6.07, 6.45) is 5.07. The lowest BCUT2D eigenvalue weighted by Crippen LogP contribution is -2.56. The minimum atomic E-state index is -0.955. The monoisotopic (exact) mass is 661 g/mol. The Morgan fingerprint density at radius 3 is 2.56 bits per heavy atom. The van der Waals surface area contributed by atoms with Gasteiger partial charge >= 0.3 is 11.9 Å². The normalized spacial score (nSPS) is 17.2. The van der Waals surface area contributed by atoms with Gasteiger partial charge in [0.2, 0.25) is 11.8 Å². The second-order valence-corrected chi connectivity index (χ2v) is 13.7. The maximum absolute atomic E-state index is 14.1. The van der Waals surface area contributed by atoms with E-state index in [0.717, 1.165) is 35.0 Å². The Morgan fingerprint density at radius 1 is 1.06 bits per heavy atom. The molecule has 0 saturated carbocycles. The predicted octanol–water partition coefficient (Wildman–Crippen LogP) is 4.41. The number of nitrogens with zero attached hydrogens (tertiary/aromatic N) is 1. The van der Waals surface area contributed by atoms with E-state index in [1.54, 1.807) is 26.8 Å². The molecule has 11 heteroatoms. The topological polar surface area (TPSA) is 156 Å². The third-order valence-corrected chi connectivity index (χ3v) is 8.78. The lowest BCUT2D eigenvalue weighted by atomic mass is 9.90. The van der Waals surface area contributed by atoms with E-state index in [1.165, 1.54) is 7.11 Å². The molecule has 0 aliphatic carbocycles. The summed E-state index contributed by atoms with van der Waals surface area (Å²) in [5.74, 6) is -2.34. The van der Waals surface area contributed by atoms with Crippen LogP contribution < -0.4 is 16.4 Å². The van der Waals surface area contributed by atoms with Gasteiger partial charge in [0.05, 0.1) is 18.6 Å². The summed E-state index contributed by atoms with van der Waals surface area (Å²) in [5.41, 5.74) is 8.23. The van der Waals surface area contributed by atoms with Crippen molar-refractivity contribution in [2.75, 3.05) is 26.7 Å². The number of carbonyl (C=O) groups is 4. The molecule has 1 aliphatic heterocycles. The number of benzene rings is 2. The molecule has 2 aromatic carbocycles. The zero-order valence-corrected chi connectivity index (χ0v) is 28.8. The lowest BCUT2D eigenvalue weighted by Gasteiger charge is -2.34. The highest BCUT2D eigenvalue weighted by atomic mass is 16.6. The van der Waals surface area contributed by atoms with Crippen molar-refractivity contribution in [3.05, 3.63) is 71.4 Å². The van der Waals surface area contributed by atoms with Crippen molar-refractivity contribution in [3.8, 4) is 0 Å². The first-order chi connectivity index (χ1) is 22.9. The number of nitrogens with two attached hydrogens (primary N) is 1. The van der Waals surface area contributed by atoms with E-state index in [-0.39, 0.29) is 11.8 Å². The largest absolute Gasteiger partial charge is 0.465 e. The van der Waals surface area contributed by atoms with Gasteiger partial charge in [-0.3, -0.25) is 14.5 Å². The number of ether oxygens (including phenoxy) is 2. The Balaban J connectivity index is 1.54. The fourth-order valence-corrected chi connectivity index (χ4v) is 6.30. The number of hydrogen-bond donors (Lipinski definition) is 4. The standard InChI is InChI=1S/C37H51N5O6/c1-24(29-21-39-30-16-7-6-15-28(29)30)32(34(44)40-31(17-8-9-18-38)36(46)48-37(2,3)4)41-33(43)27-14-11-19-42(23-27)22-25-12-10-13-26(20-25)35(45)47-5/h6-7,10,12-13,15-16,20-21,24,27,31-32,39H,8-9,11,14,17-19,22-23,38H2,1-5H3,(H,40,44)(H,41,43)/t24-,27?,31-,32-/m0/s1. The van der Waals surface area contributed by atoms with Crippen LogP contribution in [0.2, 0.25) is 0 Å². The van der Waals surface area contributed by atoms with Crippen LogP contribution in [0.3, 0.4) is 0 Å². The summed E-state index contributed by atoms with van der Waals surface area (Å²) in [5, 5.41) is 6.98. The first-order valence-electron chi connectivity index (χ1n) is 16.9. The van der Waals surface area contributed by atoms with Gasteiger partial charge in [0.25, 0.3) is 0 Å². The Bertz CT molecular complexity index is 1560. The predicted molar refractivity (Wildman–Crippen MR) is 185 cm³/mol. The summed E-state index contributed by atoms with van der Waals surface area (Å²) in [6, 6.07) is 13.3. The molecule has 260 valence electrons. The highest BCUT2D eigenvalue weighted by Crippen LogP contribution is 2.29. The summed E-state index contributed by atoms with van der Waals surface area (Å²) in [7, 11) is 1.36. The van der Waals surface area contributed by atoms with Gasteiger partial charge in [-0.05, 0) is 95.3 Å². The number of likely N-dealkylation sites (tertiary alicyclic amines) is 1. The third-order valence-electron chi connectivity index (χ3n) is 8.78. The number of methoxy groups -OCH3 is 1. The molecule has 4 atom stereocenters. The highest BCUT2D eigenvalue weighted by molar-refractivity contribution is 5.93. The molecule has 11 nitrogen and oxygen atoms in total. The van der Waals surface area contributed by atoms with Gasteiger partial charge in [0.1, 0.15) is 17.7 Å². The van der Waals surface area contributed by atoms with Gasteiger partial charge in [-0.1, -0.05) is 37.3 Å². The first-order valence-corrected chi connectivity index (χ1v) is 16.9. The number of amides is 2. The van der Waals surface area contributed by atoms with Crippen LogP contribution in [0.1, 0.15) is 87.2 Å². The van der Waals surface area contributed by atoms with Crippen LogP contribution in [0.5, 0.6) is 0 Å². The van der Waals surface area contributed by atoms with E-state index < -0.39 is 41.4 Å². The van der Waals surface area contributed by atoms with Crippen LogP contribution in [0.25, 0.3) is 10.9 Å². The number of hydrogen-bond acceptors (Lipinski definition) is 8. The van der Waals surface area contributed by atoms with Crippen molar-refractivity contribution in [1.82, 2.24) is 20.5 Å². The number of piperidine rings is 1. The van der Waals surface area contributed by atoms with E-state index in [2.05, 4.69) is 20.5 Å². The molecule has 2 amide bonds. The number of unbranched alkanes of at least 4 members (excludes halogenated alkanes) is 1. The number of carbonyl (C=O) groups excluding carboxylic acids is 4. The van der Waals surface area contributed by atoms with Crippen molar-refractivity contribution >= 4 is 34.7 Å². The van der Waals surface area contributed by atoms with Crippen molar-refractivity contribution in [1.29, 1.82) is 0 Å². The Labute approximate surface area is 283 Å². The maximum atomic E-state index is 14.1. The van der Waals surface area contributed by atoms with Gasteiger partial charge in [0.15, 0.2) is 0 Å². The van der Waals surface area contributed by atoms with Crippen molar-refractivity contribution in [2.24, 2.45) is 11.7 Å². The van der Waals surface area contributed by atoms with E-state index >= 15 is 0 Å².